The summed E-state index contributed by atoms with van der Waals surface area (Å²) in [7, 11) is 0. The first kappa shape index (κ1) is 24.1. The molecule has 4 rings (SSSR count). The van der Waals surface area contributed by atoms with Crippen LogP contribution in [0.2, 0.25) is 0 Å². The molecule has 0 saturated heterocycles. The molecule has 2 aromatic heterocycles. The molecular formula is C24H23N3O7S. The summed E-state index contributed by atoms with van der Waals surface area (Å²) < 4.78 is 18.2. The van der Waals surface area contributed by atoms with Gasteiger partial charge in [0.25, 0.3) is 5.56 Å². The third-order valence-corrected chi connectivity index (χ3v) is 6.14. The molecule has 0 saturated carbocycles. The Balaban J connectivity index is 1.96. The summed E-state index contributed by atoms with van der Waals surface area (Å²) >= 11 is 1.09. The Labute approximate surface area is 203 Å². The van der Waals surface area contributed by atoms with Crippen molar-refractivity contribution in [2.75, 3.05) is 6.61 Å². The van der Waals surface area contributed by atoms with Gasteiger partial charge in [-0.1, -0.05) is 29.5 Å². The number of hydrogen-bond acceptors (Lipinski definition) is 9. The molecule has 11 heteroatoms. The van der Waals surface area contributed by atoms with E-state index in [0.29, 0.717) is 21.8 Å². The molecule has 1 atom stereocenters. The van der Waals surface area contributed by atoms with Gasteiger partial charge in [0.2, 0.25) is 0 Å². The van der Waals surface area contributed by atoms with E-state index in [-0.39, 0.29) is 28.6 Å². The summed E-state index contributed by atoms with van der Waals surface area (Å²) in [4.78, 5) is 41.8. The highest BCUT2D eigenvalue weighted by atomic mass is 32.1. The number of carbonyl (C=O) groups is 1. The number of aromatic nitrogens is 1. The lowest BCUT2D eigenvalue weighted by Crippen LogP contribution is -2.40. The second-order valence-corrected chi connectivity index (χ2v) is 8.95. The van der Waals surface area contributed by atoms with E-state index >= 15 is 0 Å². The Morgan fingerprint density at radius 3 is 2.71 bits per heavy atom. The van der Waals surface area contributed by atoms with Gasteiger partial charge in [0, 0.05) is 11.6 Å². The molecule has 0 N–H and O–H groups in total. The second-order valence-electron chi connectivity index (χ2n) is 7.94. The number of carbonyl (C=O) groups excluding carboxylic acids is 1. The van der Waals surface area contributed by atoms with Crippen LogP contribution in [-0.4, -0.2) is 28.2 Å². The largest absolute Gasteiger partial charge is 0.491 e. The van der Waals surface area contributed by atoms with Crippen molar-refractivity contribution < 1.29 is 23.6 Å². The third-order valence-electron chi connectivity index (χ3n) is 5.16. The topological polar surface area (TPSA) is 126 Å². The average molecular weight is 498 g/mol. The van der Waals surface area contributed by atoms with Crippen LogP contribution in [0.4, 0.5) is 5.88 Å². The van der Waals surface area contributed by atoms with E-state index in [0.717, 1.165) is 11.3 Å². The number of hydrogen-bond donors (Lipinski definition) is 0. The highest BCUT2D eigenvalue weighted by Crippen LogP contribution is 2.36. The molecule has 1 unspecified atom stereocenters. The molecule has 3 heterocycles. The number of benzene rings is 1. The normalized spacial score (nSPS) is 15.7. The lowest BCUT2D eigenvalue weighted by atomic mass is 9.95. The molecule has 35 heavy (non-hydrogen) atoms. The highest BCUT2D eigenvalue weighted by molar-refractivity contribution is 7.07. The number of thiazole rings is 1. The summed E-state index contributed by atoms with van der Waals surface area (Å²) in [6.45, 7) is 7.33. The fraction of sp³-hybridized carbons (Fsp3) is 0.292. The van der Waals surface area contributed by atoms with E-state index in [2.05, 4.69) is 4.99 Å². The highest BCUT2D eigenvalue weighted by Gasteiger charge is 2.35. The van der Waals surface area contributed by atoms with Crippen molar-refractivity contribution in [1.29, 1.82) is 0 Å². The van der Waals surface area contributed by atoms with Crippen molar-refractivity contribution >= 4 is 29.3 Å². The van der Waals surface area contributed by atoms with Crippen LogP contribution in [-0.2, 0) is 9.53 Å². The quantitative estimate of drug-likeness (QED) is 0.279. The van der Waals surface area contributed by atoms with Gasteiger partial charge in [-0.15, -0.1) is 0 Å². The maximum absolute atomic E-state index is 13.6. The zero-order chi connectivity index (χ0) is 25.3. The van der Waals surface area contributed by atoms with E-state index in [1.54, 1.807) is 32.0 Å². The van der Waals surface area contributed by atoms with Crippen LogP contribution in [0.5, 0.6) is 5.75 Å². The summed E-state index contributed by atoms with van der Waals surface area (Å²) in [6.07, 6.45) is 1.28. The Kier molecular flexibility index (Phi) is 6.70. The van der Waals surface area contributed by atoms with Crippen LogP contribution in [0.15, 0.2) is 61.9 Å². The van der Waals surface area contributed by atoms with Crippen LogP contribution in [0, 0.1) is 10.1 Å². The maximum Gasteiger partial charge on any atom is 0.433 e. The van der Waals surface area contributed by atoms with Crippen molar-refractivity contribution in [3.63, 3.8) is 0 Å². The Morgan fingerprint density at radius 1 is 1.31 bits per heavy atom. The minimum absolute atomic E-state index is 0.141. The summed E-state index contributed by atoms with van der Waals surface area (Å²) in [5, 5.41) is 10.9. The van der Waals surface area contributed by atoms with Crippen molar-refractivity contribution in [2.24, 2.45) is 4.99 Å². The van der Waals surface area contributed by atoms with Gasteiger partial charge in [-0.05, 0) is 39.8 Å². The molecule has 0 radical (unpaired) electrons. The standard InChI is InChI=1S/C24H23N3O7S/c1-5-32-23(29)20-14(4)25-24-26(21(20)16-8-6-7-9-17(16)33-13(2)3)22(28)18(35-24)12-15-10-11-19(34-15)27(30)31/h6-13,21H,5H2,1-4H3. The predicted molar refractivity (Wildman–Crippen MR) is 128 cm³/mol. The fourth-order valence-corrected chi connectivity index (χ4v) is 4.83. The molecular weight excluding hydrogens is 474 g/mol. The van der Waals surface area contributed by atoms with Crippen LogP contribution in [0.1, 0.15) is 45.1 Å². The molecule has 182 valence electrons. The number of furan rings is 1. The van der Waals surface area contributed by atoms with Gasteiger partial charge in [-0.2, -0.15) is 0 Å². The van der Waals surface area contributed by atoms with Crippen LogP contribution >= 0.6 is 11.3 Å². The summed E-state index contributed by atoms with van der Waals surface area (Å²) in [6, 6.07) is 8.99. The number of nitrogens with zero attached hydrogens (tertiary/aromatic N) is 3. The SMILES string of the molecule is CCOC(=O)C1=C(C)N=c2sc(=Cc3ccc([N+](=O)[O-])o3)c(=O)n2C1c1ccccc1OC(C)C. The van der Waals surface area contributed by atoms with E-state index in [4.69, 9.17) is 13.9 Å². The van der Waals surface area contributed by atoms with Gasteiger partial charge in [-0.3, -0.25) is 19.5 Å². The molecule has 1 aliphatic heterocycles. The second kappa shape index (κ2) is 9.71. The maximum atomic E-state index is 13.6. The van der Waals surface area contributed by atoms with E-state index in [1.807, 2.05) is 19.9 Å². The van der Waals surface area contributed by atoms with E-state index in [1.165, 1.54) is 22.8 Å². The van der Waals surface area contributed by atoms with Gasteiger partial charge < -0.3 is 13.9 Å². The number of esters is 1. The molecule has 3 aromatic rings. The lowest BCUT2D eigenvalue weighted by molar-refractivity contribution is -0.402. The van der Waals surface area contributed by atoms with Crippen molar-refractivity contribution in [3.8, 4) is 5.75 Å². The van der Waals surface area contributed by atoms with Crippen molar-refractivity contribution in [1.82, 2.24) is 4.57 Å². The molecule has 10 nitrogen and oxygen atoms in total. The summed E-state index contributed by atoms with van der Waals surface area (Å²) in [5.41, 5.74) is 0.847. The first-order chi connectivity index (χ1) is 16.7. The first-order valence-corrected chi connectivity index (χ1v) is 11.7. The lowest BCUT2D eigenvalue weighted by Gasteiger charge is -2.26. The van der Waals surface area contributed by atoms with Gasteiger partial charge in [0.15, 0.2) is 4.80 Å². The molecule has 0 bridgehead atoms. The van der Waals surface area contributed by atoms with Crippen LogP contribution < -0.4 is 19.6 Å². The number of rotatable bonds is 7. The average Bonchev–Trinajstić information content (AvgIpc) is 3.38. The van der Waals surface area contributed by atoms with Gasteiger partial charge in [-0.25, -0.2) is 9.79 Å². The minimum atomic E-state index is -0.840. The molecule has 1 aliphatic rings. The van der Waals surface area contributed by atoms with Gasteiger partial charge in [0.05, 0.1) is 34.6 Å². The number of ether oxygens (including phenoxy) is 2. The van der Waals surface area contributed by atoms with E-state index in [9.17, 15) is 19.7 Å². The third kappa shape index (κ3) is 4.67. The molecule has 0 amide bonds. The number of fused-ring (bicyclic) bond motifs is 1. The van der Waals surface area contributed by atoms with Gasteiger partial charge in [0.1, 0.15) is 22.5 Å². The smallest absolute Gasteiger partial charge is 0.433 e. The van der Waals surface area contributed by atoms with Crippen LogP contribution in [0.3, 0.4) is 0 Å². The fourth-order valence-electron chi connectivity index (χ4n) is 3.80. The summed E-state index contributed by atoms with van der Waals surface area (Å²) in [5.74, 6) is -0.320. The number of allylic oxidation sites excluding steroid dienone is 1. The Hall–Kier alpha value is -3.99. The van der Waals surface area contributed by atoms with Gasteiger partial charge >= 0.3 is 11.9 Å². The zero-order valence-electron chi connectivity index (χ0n) is 19.5. The first-order valence-electron chi connectivity index (χ1n) is 10.9. The van der Waals surface area contributed by atoms with Crippen molar-refractivity contribution in [2.45, 2.75) is 39.8 Å². The molecule has 1 aromatic carbocycles. The Morgan fingerprint density at radius 2 is 2.06 bits per heavy atom. The zero-order valence-corrected chi connectivity index (χ0v) is 20.3. The minimum Gasteiger partial charge on any atom is -0.491 e. The number of para-hydroxylation sites is 1. The molecule has 0 spiro atoms. The Bertz CT molecular complexity index is 1510. The monoisotopic (exact) mass is 497 g/mol. The van der Waals surface area contributed by atoms with Crippen molar-refractivity contribution in [3.05, 3.63) is 88.8 Å². The molecule has 0 fully saturated rings. The number of nitro groups is 1. The predicted octanol–water partition coefficient (Wildman–Crippen LogP) is 3.09. The van der Waals surface area contributed by atoms with Crippen LogP contribution in [0.25, 0.3) is 6.08 Å². The van der Waals surface area contributed by atoms with E-state index < -0.39 is 28.4 Å². The molecule has 0 aliphatic carbocycles.